The molecule has 2 unspecified atom stereocenters. The highest BCUT2D eigenvalue weighted by Crippen LogP contribution is 2.49. The van der Waals surface area contributed by atoms with E-state index in [4.69, 9.17) is 0 Å². The predicted octanol–water partition coefficient (Wildman–Crippen LogP) is 3.79. The van der Waals surface area contributed by atoms with Gasteiger partial charge in [0.1, 0.15) is 0 Å². The van der Waals surface area contributed by atoms with Crippen LogP contribution in [0.15, 0.2) is 11.1 Å². The molecular weight excluding hydrogens is 256 g/mol. The van der Waals surface area contributed by atoms with Gasteiger partial charge >= 0.3 is 0 Å². The van der Waals surface area contributed by atoms with Crippen molar-refractivity contribution in [1.82, 2.24) is 9.80 Å². The third-order valence-electron chi connectivity index (χ3n) is 6.45. The zero-order chi connectivity index (χ0) is 15.0. The van der Waals surface area contributed by atoms with Crippen molar-refractivity contribution in [3.8, 4) is 0 Å². The number of rotatable bonds is 2. The Bertz CT molecular complexity index is 402. The maximum absolute atomic E-state index is 2.72. The van der Waals surface area contributed by atoms with Crippen LogP contribution in [0.2, 0.25) is 0 Å². The van der Waals surface area contributed by atoms with Crippen LogP contribution in [0.4, 0.5) is 0 Å². The van der Waals surface area contributed by atoms with Crippen LogP contribution in [0.3, 0.4) is 0 Å². The second-order valence-corrected chi connectivity index (χ2v) is 8.57. The fourth-order valence-electron chi connectivity index (χ4n) is 4.80. The van der Waals surface area contributed by atoms with Gasteiger partial charge in [-0.1, -0.05) is 31.9 Å². The van der Waals surface area contributed by atoms with Gasteiger partial charge in [-0.3, -0.25) is 0 Å². The summed E-state index contributed by atoms with van der Waals surface area (Å²) in [5.41, 5.74) is 4.17. The van der Waals surface area contributed by atoms with Crippen LogP contribution in [0, 0.1) is 17.3 Å². The quantitative estimate of drug-likeness (QED) is 0.714. The van der Waals surface area contributed by atoms with E-state index in [1.54, 1.807) is 0 Å². The molecule has 0 N–H and O–H groups in total. The summed E-state index contributed by atoms with van der Waals surface area (Å²) in [6.07, 6.45) is 6.99. The maximum atomic E-state index is 2.72. The highest BCUT2D eigenvalue weighted by atomic mass is 15.2. The van der Waals surface area contributed by atoms with Crippen molar-refractivity contribution in [1.29, 1.82) is 0 Å². The Morgan fingerprint density at radius 1 is 1.10 bits per heavy atom. The number of piperazine rings is 1. The van der Waals surface area contributed by atoms with Gasteiger partial charge in [-0.25, -0.2) is 0 Å². The lowest BCUT2D eigenvalue weighted by molar-refractivity contribution is 0.114. The molecule has 3 rings (SSSR count). The number of hydrogen-bond donors (Lipinski definition) is 0. The molecular formula is C19H34N2. The lowest BCUT2D eigenvalue weighted by atomic mass is 9.63. The number of hydrogen-bond acceptors (Lipinski definition) is 2. The first kappa shape index (κ1) is 15.6. The van der Waals surface area contributed by atoms with Gasteiger partial charge in [-0.15, -0.1) is 0 Å². The molecule has 0 aromatic rings. The Morgan fingerprint density at radius 3 is 2.52 bits per heavy atom. The Kier molecular flexibility index (Phi) is 4.47. The molecule has 2 atom stereocenters. The minimum atomic E-state index is 0.480. The topological polar surface area (TPSA) is 6.48 Å². The lowest BCUT2D eigenvalue weighted by Gasteiger charge is -2.45. The molecule has 0 radical (unpaired) electrons. The molecule has 1 aliphatic heterocycles. The average Bonchev–Trinajstić information content (AvgIpc) is 2.42. The van der Waals surface area contributed by atoms with Gasteiger partial charge in [0, 0.05) is 32.7 Å². The standard InChI is InChI=1S/C19H34N2/c1-15-12-16-6-5-7-19(2,3)18(16)13-17(15)14-21-10-8-20(4)9-11-21/h15,17H,5-14H2,1-4H3. The van der Waals surface area contributed by atoms with Gasteiger partial charge in [-0.05, 0) is 56.4 Å². The van der Waals surface area contributed by atoms with E-state index in [0.29, 0.717) is 5.41 Å². The predicted molar refractivity (Wildman–Crippen MR) is 90.5 cm³/mol. The van der Waals surface area contributed by atoms with Crippen LogP contribution < -0.4 is 0 Å². The lowest BCUT2D eigenvalue weighted by Crippen LogP contribution is -2.47. The van der Waals surface area contributed by atoms with Crippen LogP contribution in [0.5, 0.6) is 0 Å². The molecule has 0 spiro atoms. The molecule has 1 fully saturated rings. The Labute approximate surface area is 131 Å². The summed E-state index contributed by atoms with van der Waals surface area (Å²) >= 11 is 0. The van der Waals surface area contributed by atoms with Gasteiger partial charge in [0.05, 0.1) is 0 Å². The Balaban J connectivity index is 1.66. The molecule has 120 valence electrons. The van der Waals surface area contributed by atoms with E-state index in [2.05, 4.69) is 37.6 Å². The van der Waals surface area contributed by atoms with E-state index in [9.17, 15) is 0 Å². The van der Waals surface area contributed by atoms with Crippen LogP contribution in [-0.2, 0) is 0 Å². The van der Waals surface area contributed by atoms with Gasteiger partial charge in [0.15, 0.2) is 0 Å². The summed E-state index contributed by atoms with van der Waals surface area (Å²) in [6, 6.07) is 0. The molecule has 0 amide bonds. The third kappa shape index (κ3) is 3.37. The average molecular weight is 290 g/mol. The summed E-state index contributed by atoms with van der Waals surface area (Å²) in [6.45, 7) is 13.9. The zero-order valence-corrected chi connectivity index (χ0v) is 14.6. The van der Waals surface area contributed by atoms with E-state index in [-0.39, 0.29) is 0 Å². The minimum absolute atomic E-state index is 0.480. The number of likely N-dealkylation sites (N-methyl/N-ethyl adjacent to an activating group) is 1. The fraction of sp³-hybridized carbons (Fsp3) is 0.895. The largest absolute Gasteiger partial charge is 0.304 e. The van der Waals surface area contributed by atoms with Crippen molar-refractivity contribution in [2.24, 2.45) is 17.3 Å². The first-order valence-electron chi connectivity index (χ1n) is 9.08. The Hall–Kier alpha value is -0.340. The minimum Gasteiger partial charge on any atom is -0.304 e. The Morgan fingerprint density at radius 2 is 1.81 bits per heavy atom. The van der Waals surface area contributed by atoms with Crippen LogP contribution >= 0.6 is 0 Å². The summed E-state index contributed by atoms with van der Waals surface area (Å²) in [7, 11) is 2.25. The van der Waals surface area contributed by atoms with Crippen molar-refractivity contribution >= 4 is 0 Å². The molecule has 0 saturated carbocycles. The zero-order valence-electron chi connectivity index (χ0n) is 14.6. The summed E-state index contributed by atoms with van der Waals surface area (Å²) in [5, 5.41) is 0. The highest BCUT2D eigenvalue weighted by Gasteiger charge is 2.37. The molecule has 0 bridgehead atoms. The summed E-state index contributed by atoms with van der Waals surface area (Å²) in [4.78, 5) is 5.19. The van der Waals surface area contributed by atoms with Crippen molar-refractivity contribution in [3.05, 3.63) is 11.1 Å². The van der Waals surface area contributed by atoms with Crippen LogP contribution in [0.25, 0.3) is 0 Å². The molecule has 1 saturated heterocycles. The molecule has 3 aliphatic rings. The number of allylic oxidation sites excluding steroid dienone is 2. The summed E-state index contributed by atoms with van der Waals surface area (Å²) in [5.74, 6) is 1.78. The smallest absolute Gasteiger partial charge is 0.0110 e. The molecule has 1 heterocycles. The van der Waals surface area contributed by atoms with Crippen molar-refractivity contribution in [2.45, 2.75) is 52.9 Å². The van der Waals surface area contributed by atoms with E-state index in [1.165, 1.54) is 64.8 Å². The van der Waals surface area contributed by atoms with Gasteiger partial charge in [-0.2, -0.15) is 0 Å². The first-order valence-corrected chi connectivity index (χ1v) is 9.08. The highest BCUT2D eigenvalue weighted by molar-refractivity contribution is 5.27. The van der Waals surface area contributed by atoms with Crippen LogP contribution in [0.1, 0.15) is 52.9 Å². The molecule has 2 aliphatic carbocycles. The monoisotopic (exact) mass is 290 g/mol. The normalized spacial score (nSPS) is 34.9. The maximum Gasteiger partial charge on any atom is 0.0110 e. The fourth-order valence-corrected chi connectivity index (χ4v) is 4.80. The van der Waals surface area contributed by atoms with Crippen molar-refractivity contribution < 1.29 is 0 Å². The molecule has 0 aromatic heterocycles. The third-order valence-corrected chi connectivity index (χ3v) is 6.45. The molecule has 21 heavy (non-hydrogen) atoms. The SMILES string of the molecule is CC1CC2=C(CC1CN1CCN(C)CC1)C(C)(C)CCC2. The van der Waals surface area contributed by atoms with Crippen molar-refractivity contribution in [2.75, 3.05) is 39.8 Å². The van der Waals surface area contributed by atoms with Gasteiger partial charge in [0.25, 0.3) is 0 Å². The second kappa shape index (κ2) is 6.04. The molecule has 0 aromatic carbocycles. The summed E-state index contributed by atoms with van der Waals surface area (Å²) < 4.78 is 0. The molecule has 2 heteroatoms. The van der Waals surface area contributed by atoms with Gasteiger partial charge in [0.2, 0.25) is 0 Å². The van der Waals surface area contributed by atoms with E-state index in [1.807, 2.05) is 11.1 Å². The van der Waals surface area contributed by atoms with Crippen LogP contribution in [-0.4, -0.2) is 49.6 Å². The van der Waals surface area contributed by atoms with E-state index in [0.717, 1.165) is 11.8 Å². The number of nitrogens with zero attached hydrogens (tertiary/aromatic N) is 2. The first-order chi connectivity index (χ1) is 9.95. The molecule has 2 nitrogen and oxygen atoms in total. The van der Waals surface area contributed by atoms with Gasteiger partial charge < -0.3 is 9.80 Å². The second-order valence-electron chi connectivity index (χ2n) is 8.57. The van der Waals surface area contributed by atoms with Crippen molar-refractivity contribution in [3.63, 3.8) is 0 Å². The van der Waals surface area contributed by atoms with E-state index >= 15 is 0 Å². The van der Waals surface area contributed by atoms with E-state index < -0.39 is 0 Å².